The maximum Gasteiger partial charge on any atom is 0.224 e. The van der Waals surface area contributed by atoms with E-state index in [0.717, 1.165) is 48.8 Å². The van der Waals surface area contributed by atoms with Crippen molar-refractivity contribution in [1.82, 2.24) is 10.2 Å². The molecule has 0 aromatic heterocycles. The predicted molar refractivity (Wildman–Crippen MR) is 101 cm³/mol. The summed E-state index contributed by atoms with van der Waals surface area (Å²) in [6, 6.07) is 8.24. The van der Waals surface area contributed by atoms with Gasteiger partial charge in [0.1, 0.15) is 5.75 Å². The summed E-state index contributed by atoms with van der Waals surface area (Å²) in [6.07, 6.45) is 2.86. The molecule has 0 radical (unpaired) electrons. The lowest BCUT2D eigenvalue weighted by Gasteiger charge is -2.29. The molecule has 138 valence electrons. The van der Waals surface area contributed by atoms with Crippen LogP contribution in [0, 0.1) is 0 Å². The molecule has 1 N–H and O–H groups in total. The van der Waals surface area contributed by atoms with Crippen LogP contribution in [-0.4, -0.2) is 61.3 Å². The number of rotatable bonds is 7. The number of nitrogens with zero attached hydrogens (tertiary/aromatic N) is 1. The number of benzene rings is 1. The Morgan fingerprint density at radius 3 is 3.12 bits per heavy atom. The van der Waals surface area contributed by atoms with E-state index in [0.29, 0.717) is 19.5 Å². The number of hydrogen-bond donors (Lipinski definition) is 1. The zero-order valence-electron chi connectivity index (χ0n) is 14.9. The van der Waals surface area contributed by atoms with Gasteiger partial charge in [0.25, 0.3) is 0 Å². The lowest BCUT2D eigenvalue weighted by atomic mass is 10.1. The van der Waals surface area contributed by atoms with Crippen LogP contribution in [0.5, 0.6) is 5.75 Å². The molecule has 0 bridgehead atoms. The number of methoxy groups -OCH3 is 1. The summed E-state index contributed by atoms with van der Waals surface area (Å²) >= 11 is 1.92. The Kier molecular flexibility index (Phi) is 7.02. The Bertz CT molecular complexity index is 557. The van der Waals surface area contributed by atoms with E-state index in [1.165, 1.54) is 0 Å². The van der Waals surface area contributed by atoms with E-state index in [1.807, 2.05) is 40.9 Å². The lowest BCUT2D eigenvalue weighted by Crippen LogP contribution is -2.44. The first-order valence-corrected chi connectivity index (χ1v) is 10.2. The Morgan fingerprint density at radius 1 is 1.48 bits per heavy atom. The predicted octanol–water partition coefficient (Wildman–Crippen LogP) is 2.30. The Hall–Kier alpha value is -1.24. The zero-order chi connectivity index (χ0) is 17.5. The van der Waals surface area contributed by atoms with Crippen LogP contribution < -0.4 is 10.1 Å². The summed E-state index contributed by atoms with van der Waals surface area (Å²) in [5.74, 6) is 3.18. The van der Waals surface area contributed by atoms with Crippen LogP contribution in [0.15, 0.2) is 24.3 Å². The molecule has 0 aliphatic carbocycles. The molecule has 2 fully saturated rings. The minimum Gasteiger partial charge on any atom is -0.497 e. The highest BCUT2D eigenvalue weighted by molar-refractivity contribution is 7.99. The van der Waals surface area contributed by atoms with Crippen LogP contribution in [0.1, 0.15) is 24.8 Å². The molecule has 6 heteroatoms. The molecule has 2 unspecified atom stereocenters. The van der Waals surface area contributed by atoms with Crippen LogP contribution in [0.2, 0.25) is 0 Å². The quantitative estimate of drug-likeness (QED) is 0.805. The number of ether oxygens (including phenoxy) is 2. The molecular weight excluding hydrogens is 336 g/mol. The monoisotopic (exact) mass is 364 g/mol. The summed E-state index contributed by atoms with van der Waals surface area (Å²) in [5, 5.41) is 3.46. The topological polar surface area (TPSA) is 50.8 Å². The number of thioether (sulfide) groups is 1. The first-order valence-electron chi connectivity index (χ1n) is 9.08. The molecule has 3 rings (SSSR count). The summed E-state index contributed by atoms with van der Waals surface area (Å²) < 4.78 is 11.1. The highest BCUT2D eigenvalue weighted by Gasteiger charge is 2.25. The van der Waals surface area contributed by atoms with Gasteiger partial charge in [0.2, 0.25) is 5.91 Å². The SMILES string of the molecule is COc1cccc(CN(CC2CCCO2)C(=O)CC2CSCCN2)c1. The maximum absolute atomic E-state index is 12.9. The Labute approximate surface area is 154 Å². The van der Waals surface area contributed by atoms with Gasteiger partial charge < -0.3 is 19.7 Å². The van der Waals surface area contributed by atoms with Gasteiger partial charge in [0.05, 0.1) is 13.2 Å². The van der Waals surface area contributed by atoms with Crippen molar-refractivity contribution in [3.8, 4) is 5.75 Å². The highest BCUT2D eigenvalue weighted by atomic mass is 32.2. The third kappa shape index (κ3) is 5.62. The molecule has 25 heavy (non-hydrogen) atoms. The van der Waals surface area contributed by atoms with Crippen molar-refractivity contribution < 1.29 is 14.3 Å². The van der Waals surface area contributed by atoms with Gasteiger partial charge in [-0.05, 0) is 30.5 Å². The molecule has 2 heterocycles. The number of carbonyl (C=O) groups excluding carboxylic acids is 1. The first-order chi connectivity index (χ1) is 12.2. The molecule has 2 atom stereocenters. The van der Waals surface area contributed by atoms with Crippen LogP contribution in [0.3, 0.4) is 0 Å². The van der Waals surface area contributed by atoms with Crippen molar-refractivity contribution in [3.63, 3.8) is 0 Å². The average molecular weight is 365 g/mol. The van der Waals surface area contributed by atoms with Crippen molar-refractivity contribution >= 4 is 17.7 Å². The Balaban J connectivity index is 1.65. The second kappa shape index (κ2) is 9.46. The van der Waals surface area contributed by atoms with Crippen molar-refractivity contribution in [2.75, 3.05) is 38.3 Å². The first kappa shape index (κ1) is 18.5. The normalized spacial score (nSPS) is 23.4. The van der Waals surface area contributed by atoms with Gasteiger partial charge in [-0.15, -0.1) is 0 Å². The second-order valence-corrected chi connectivity index (χ2v) is 7.84. The van der Waals surface area contributed by atoms with Crippen LogP contribution in [0.25, 0.3) is 0 Å². The van der Waals surface area contributed by atoms with E-state index in [1.54, 1.807) is 7.11 Å². The fraction of sp³-hybridized carbons (Fsp3) is 0.632. The minimum atomic E-state index is 0.170. The van der Waals surface area contributed by atoms with E-state index in [9.17, 15) is 4.79 Å². The minimum absolute atomic E-state index is 0.170. The number of hydrogen-bond acceptors (Lipinski definition) is 5. The van der Waals surface area contributed by atoms with Gasteiger partial charge in [-0.1, -0.05) is 12.1 Å². The van der Waals surface area contributed by atoms with Crippen molar-refractivity contribution in [1.29, 1.82) is 0 Å². The average Bonchev–Trinajstić information content (AvgIpc) is 3.15. The molecule has 2 aliphatic rings. The van der Waals surface area contributed by atoms with Gasteiger partial charge in [-0.2, -0.15) is 11.8 Å². The molecule has 1 aromatic carbocycles. The molecule has 2 aliphatic heterocycles. The third-order valence-corrected chi connectivity index (χ3v) is 5.86. The van der Waals surface area contributed by atoms with E-state index < -0.39 is 0 Å². The van der Waals surface area contributed by atoms with Crippen molar-refractivity contribution in [2.45, 2.75) is 38.0 Å². The van der Waals surface area contributed by atoms with Gasteiger partial charge in [0.15, 0.2) is 0 Å². The molecule has 5 nitrogen and oxygen atoms in total. The lowest BCUT2D eigenvalue weighted by molar-refractivity contribution is -0.133. The molecule has 1 amide bonds. The molecule has 2 saturated heterocycles. The van der Waals surface area contributed by atoms with Gasteiger partial charge in [0, 0.05) is 50.2 Å². The number of carbonyl (C=O) groups is 1. The van der Waals surface area contributed by atoms with Crippen molar-refractivity contribution in [2.24, 2.45) is 0 Å². The van der Waals surface area contributed by atoms with E-state index in [2.05, 4.69) is 5.32 Å². The van der Waals surface area contributed by atoms with Gasteiger partial charge in [-0.3, -0.25) is 4.79 Å². The Morgan fingerprint density at radius 2 is 2.40 bits per heavy atom. The van der Waals surface area contributed by atoms with E-state index in [4.69, 9.17) is 9.47 Å². The number of amides is 1. The highest BCUT2D eigenvalue weighted by Crippen LogP contribution is 2.19. The summed E-state index contributed by atoms with van der Waals surface area (Å²) in [5.41, 5.74) is 1.09. The smallest absolute Gasteiger partial charge is 0.224 e. The molecule has 0 spiro atoms. The zero-order valence-corrected chi connectivity index (χ0v) is 15.7. The molecule has 0 saturated carbocycles. The summed E-state index contributed by atoms with van der Waals surface area (Å²) in [4.78, 5) is 14.9. The third-order valence-electron chi connectivity index (χ3n) is 4.73. The fourth-order valence-electron chi connectivity index (χ4n) is 3.37. The largest absolute Gasteiger partial charge is 0.497 e. The van der Waals surface area contributed by atoms with Crippen LogP contribution in [0.4, 0.5) is 0 Å². The molecule has 1 aromatic rings. The molecular formula is C19H28N2O3S. The van der Waals surface area contributed by atoms with Crippen LogP contribution in [-0.2, 0) is 16.1 Å². The second-order valence-electron chi connectivity index (χ2n) is 6.69. The fourth-order valence-corrected chi connectivity index (χ4v) is 4.32. The summed E-state index contributed by atoms with van der Waals surface area (Å²) in [7, 11) is 1.67. The number of nitrogens with one attached hydrogen (secondary N) is 1. The van der Waals surface area contributed by atoms with Gasteiger partial charge in [-0.25, -0.2) is 0 Å². The summed E-state index contributed by atoms with van der Waals surface area (Å²) in [6.45, 7) is 3.09. The standard InChI is InChI=1S/C19H28N2O3S/c1-23-17-5-2-4-15(10-17)12-21(13-18-6-3-8-24-18)19(22)11-16-14-25-9-7-20-16/h2,4-5,10,16,18,20H,3,6-9,11-14H2,1H3. The van der Waals surface area contributed by atoms with Crippen LogP contribution >= 0.6 is 11.8 Å². The van der Waals surface area contributed by atoms with Gasteiger partial charge >= 0.3 is 0 Å². The van der Waals surface area contributed by atoms with E-state index >= 15 is 0 Å². The van der Waals surface area contributed by atoms with E-state index in [-0.39, 0.29) is 18.1 Å². The van der Waals surface area contributed by atoms with Crippen molar-refractivity contribution in [3.05, 3.63) is 29.8 Å². The maximum atomic E-state index is 12.9.